The molecular formula is C17H15ClN4. The summed E-state index contributed by atoms with van der Waals surface area (Å²) in [5, 5.41) is 7.13. The van der Waals surface area contributed by atoms with Crippen LogP contribution in [0.3, 0.4) is 0 Å². The molecule has 1 aromatic heterocycles. The van der Waals surface area contributed by atoms with Gasteiger partial charge in [0.1, 0.15) is 5.82 Å². The lowest BCUT2D eigenvalue weighted by Crippen LogP contribution is -2.04. The van der Waals surface area contributed by atoms with Crippen molar-refractivity contribution in [1.29, 1.82) is 0 Å². The number of nitrogens with zero attached hydrogens (tertiary/aromatic N) is 2. The van der Waals surface area contributed by atoms with Gasteiger partial charge in [-0.1, -0.05) is 41.9 Å². The summed E-state index contributed by atoms with van der Waals surface area (Å²) in [4.78, 5) is 8.66. The van der Waals surface area contributed by atoms with Crippen LogP contribution in [-0.4, -0.2) is 9.97 Å². The molecular weight excluding hydrogens is 296 g/mol. The lowest BCUT2D eigenvalue weighted by molar-refractivity contribution is 1.08. The zero-order chi connectivity index (χ0) is 15.2. The Balaban J connectivity index is 1.66. The maximum Gasteiger partial charge on any atom is 0.229 e. The van der Waals surface area contributed by atoms with E-state index in [2.05, 4.69) is 32.7 Å². The minimum Gasteiger partial charge on any atom is -0.366 e. The predicted molar refractivity (Wildman–Crippen MR) is 90.5 cm³/mol. The molecule has 22 heavy (non-hydrogen) atoms. The Hall–Kier alpha value is -2.59. The molecule has 3 rings (SSSR count). The number of anilines is 3. The molecule has 1 heterocycles. The van der Waals surface area contributed by atoms with Crippen LogP contribution in [0, 0.1) is 0 Å². The summed E-state index contributed by atoms with van der Waals surface area (Å²) in [5.41, 5.74) is 2.10. The van der Waals surface area contributed by atoms with Crippen LogP contribution in [0.2, 0.25) is 5.02 Å². The normalized spacial score (nSPS) is 10.2. The highest BCUT2D eigenvalue weighted by Crippen LogP contribution is 2.17. The largest absolute Gasteiger partial charge is 0.366 e. The van der Waals surface area contributed by atoms with Gasteiger partial charge in [-0.3, -0.25) is 0 Å². The molecule has 2 N–H and O–H groups in total. The first-order chi connectivity index (χ1) is 10.8. The van der Waals surface area contributed by atoms with Gasteiger partial charge in [-0.2, -0.15) is 4.98 Å². The highest BCUT2D eigenvalue weighted by atomic mass is 35.5. The molecule has 0 aliphatic carbocycles. The molecule has 110 valence electrons. The minimum atomic E-state index is 0.542. The third-order valence-electron chi connectivity index (χ3n) is 3.07. The number of hydrogen-bond acceptors (Lipinski definition) is 4. The van der Waals surface area contributed by atoms with E-state index in [0.717, 1.165) is 18.1 Å². The van der Waals surface area contributed by atoms with E-state index in [4.69, 9.17) is 11.6 Å². The molecule has 0 aliphatic heterocycles. The summed E-state index contributed by atoms with van der Waals surface area (Å²) in [7, 11) is 0. The van der Waals surface area contributed by atoms with Gasteiger partial charge in [0.2, 0.25) is 5.95 Å². The Labute approximate surface area is 134 Å². The van der Waals surface area contributed by atoms with Gasteiger partial charge < -0.3 is 10.6 Å². The van der Waals surface area contributed by atoms with Crippen molar-refractivity contribution in [1.82, 2.24) is 9.97 Å². The Morgan fingerprint density at radius 2 is 1.68 bits per heavy atom. The van der Waals surface area contributed by atoms with Crippen molar-refractivity contribution in [2.45, 2.75) is 6.54 Å². The first-order valence-electron chi connectivity index (χ1n) is 6.93. The van der Waals surface area contributed by atoms with Gasteiger partial charge in [0, 0.05) is 23.5 Å². The molecule has 0 saturated heterocycles. The van der Waals surface area contributed by atoms with Crippen LogP contribution >= 0.6 is 11.6 Å². The number of hydrogen-bond donors (Lipinski definition) is 2. The van der Waals surface area contributed by atoms with E-state index in [-0.39, 0.29) is 0 Å². The second kappa shape index (κ2) is 6.91. The molecule has 0 aliphatic rings. The number of rotatable bonds is 5. The SMILES string of the molecule is Clc1ccc(Nc2nccc(NCc3ccccc3)n2)cc1. The summed E-state index contributed by atoms with van der Waals surface area (Å²) in [6.07, 6.45) is 1.72. The maximum absolute atomic E-state index is 5.87. The number of halogens is 1. The predicted octanol–water partition coefficient (Wildman–Crippen LogP) is 4.49. The topological polar surface area (TPSA) is 49.8 Å². The zero-order valence-corrected chi connectivity index (χ0v) is 12.6. The zero-order valence-electron chi connectivity index (χ0n) is 11.8. The Bertz CT molecular complexity index is 729. The highest BCUT2D eigenvalue weighted by molar-refractivity contribution is 6.30. The number of benzene rings is 2. The number of nitrogens with one attached hydrogen (secondary N) is 2. The molecule has 3 aromatic rings. The van der Waals surface area contributed by atoms with Gasteiger partial charge in [-0.05, 0) is 35.9 Å². The summed E-state index contributed by atoms with van der Waals surface area (Å²) < 4.78 is 0. The van der Waals surface area contributed by atoms with E-state index in [1.54, 1.807) is 6.20 Å². The molecule has 4 nitrogen and oxygen atoms in total. The summed E-state index contributed by atoms with van der Waals surface area (Å²) in [6, 6.07) is 19.4. The Morgan fingerprint density at radius 3 is 2.45 bits per heavy atom. The monoisotopic (exact) mass is 310 g/mol. The lowest BCUT2D eigenvalue weighted by atomic mass is 10.2. The smallest absolute Gasteiger partial charge is 0.229 e. The summed E-state index contributed by atoms with van der Waals surface area (Å²) in [6.45, 7) is 0.720. The molecule has 0 bridgehead atoms. The maximum atomic E-state index is 5.87. The molecule has 0 radical (unpaired) electrons. The standard InChI is InChI=1S/C17H15ClN4/c18-14-6-8-15(9-7-14)21-17-19-11-10-16(22-17)20-12-13-4-2-1-3-5-13/h1-11H,12H2,(H2,19,20,21,22). The summed E-state index contributed by atoms with van der Waals surface area (Å²) in [5.74, 6) is 1.32. The van der Waals surface area contributed by atoms with E-state index in [1.807, 2.05) is 48.5 Å². The van der Waals surface area contributed by atoms with Gasteiger partial charge in [0.15, 0.2) is 0 Å². The van der Waals surface area contributed by atoms with Crippen LogP contribution in [0.4, 0.5) is 17.5 Å². The van der Waals surface area contributed by atoms with Gasteiger partial charge in [0.05, 0.1) is 0 Å². The van der Waals surface area contributed by atoms with Crippen LogP contribution in [0.1, 0.15) is 5.56 Å². The second-order valence-corrected chi connectivity index (χ2v) is 5.17. The van der Waals surface area contributed by atoms with E-state index in [0.29, 0.717) is 11.0 Å². The third-order valence-corrected chi connectivity index (χ3v) is 3.32. The fourth-order valence-corrected chi connectivity index (χ4v) is 2.09. The average Bonchev–Trinajstić information content (AvgIpc) is 2.57. The van der Waals surface area contributed by atoms with E-state index in [9.17, 15) is 0 Å². The molecule has 2 aromatic carbocycles. The molecule has 0 atom stereocenters. The van der Waals surface area contributed by atoms with E-state index in [1.165, 1.54) is 5.56 Å². The molecule has 0 fully saturated rings. The van der Waals surface area contributed by atoms with Crippen LogP contribution in [0.25, 0.3) is 0 Å². The van der Waals surface area contributed by atoms with Crippen LogP contribution in [0.15, 0.2) is 66.9 Å². The van der Waals surface area contributed by atoms with Crippen molar-refractivity contribution in [3.8, 4) is 0 Å². The third kappa shape index (κ3) is 3.96. The van der Waals surface area contributed by atoms with Gasteiger partial charge in [0.25, 0.3) is 0 Å². The molecule has 0 unspecified atom stereocenters. The fourth-order valence-electron chi connectivity index (χ4n) is 1.97. The fraction of sp³-hybridized carbons (Fsp3) is 0.0588. The van der Waals surface area contributed by atoms with Crippen molar-refractivity contribution in [3.05, 3.63) is 77.4 Å². The molecule has 0 amide bonds. The Kier molecular flexibility index (Phi) is 4.51. The Morgan fingerprint density at radius 1 is 0.909 bits per heavy atom. The first-order valence-corrected chi connectivity index (χ1v) is 7.31. The first kappa shape index (κ1) is 14.4. The average molecular weight is 311 g/mol. The van der Waals surface area contributed by atoms with Crippen LogP contribution in [0.5, 0.6) is 0 Å². The number of aromatic nitrogens is 2. The quantitative estimate of drug-likeness (QED) is 0.729. The van der Waals surface area contributed by atoms with Crippen LogP contribution < -0.4 is 10.6 Å². The van der Waals surface area contributed by atoms with Crippen molar-refractivity contribution >= 4 is 29.1 Å². The molecule has 0 saturated carbocycles. The molecule has 0 spiro atoms. The van der Waals surface area contributed by atoms with E-state index >= 15 is 0 Å². The lowest BCUT2D eigenvalue weighted by Gasteiger charge is -2.08. The van der Waals surface area contributed by atoms with Crippen molar-refractivity contribution in [2.75, 3.05) is 10.6 Å². The molecule has 5 heteroatoms. The van der Waals surface area contributed by atoms with Crippen molar-refractivity contribution in [3.63, 3.8) is 0 Å². The van der Waals surface area contributed by atoms with Gasteiger partial charge in [-0.25, -0.2) is 4.98 Å². The van der Waals surface area contributed by atoms with Crippen molar-refractivity contribution in [2.24, 2.45) is 0 Å². The highest BCUT2D eigenvalue weighted by Gasteiger charge is 2.00. The van der Waals surface area contributed by atoms with Gasteiger partial charge in [-0.15, -0.1) is 0 Å². The summed E-state index contributed by atoms with van der Waals surface area (Å²) >= 11 is 5.87. The van der Waals surface area contributed by atoms with E-state index < -0.39 is 0 Å². The minimum absolute atomic E-state index is 0.542. The van der Waals surface area contributed by atoms with Crippen LogP contribution in [-0.2, 0) is 6.54 Å². The van der Waals surface area contributed by atoms with Crippen molar-refractivity contribution < 1.29 is 0 Å². The second-order valence-electron chi connectivity index (χ2n) is 4.74. The van der Waals surface area contributed by atoms with Gasteiger partial charge >= 0.3 is 0 Å².